The van der Waals surface area contributed by atoms with E-state index in [0.29, 0.717) is 0 Å². The fraction of sp³-hybridized carbons (Fsp3) is 0.778. The minimum Gasteiger partial charge on any atom is -0.387 e. The lowest BCUT2D eigenvalue weighted by Gasteiger charge is -2.33. The normalized spacial score (nSPS) is 25.5. The van der Waals surface area contributed by atoms with E-state index in [-0.39, 0.29) is 0 Å². The molecule has 1 atom stereocenters. The first-order valence-corrected chi connectivity index (χ1v) is 4.45. The molecule has 0 aromatic carbocycles. The van der Waals surface area contributed by atoms with Gasteiger partial charge in [0.25, 0.3) is 0 Å². The first kappa shape index (κ1) is 8.90. The van der Waals surface area contributed by atoms with Gasteiger partial charge in [-0.25, -0.2) is 0 Å². The molecular formula is C9H13ClO. The third-order valence-electron chi connectivity index (χ3n) is 2.34. The van der Waals surface area contributed by atoms with Crippen LogP contribution in [0.1, 0.15) is 32.1 Å². The highest BCUT2D eigenvalue weighted by molar-refractivity contribution is 6.23. The Kier molecular flexibility index (Phi) is 2.81. The molecule has 1 rings (SSSR count). The van der Waals surface area contributed by atoms with Crippen LogP contribution in [0.4, 0.5) is 0 Å². The summed E-state index contributed by atoms with van der Waals surface area (Å²) >= 11 is 5.80. The minimum atomic E-state index is -0.783. The van der Waals surface area contributed by atoms with E-state index in [1.165, 1.54) is 6.42 Å². The molecule has 1 fully saturated rings. The second kappa shape index (κ2) is 3.47. The SMILES string of the molecule is C#CC(Cl)C1(O)CCCCC1. The number of rotatable bonds is 1. The van der Waals surface area contributed by atoms with E-state index in [1.54, 1.807) is 0 Å². The maximum Gasteiger partial charge on any atom is 0.123 e. The molecule has 0 bridgehead atoms. The molecule has 1 unspecified atom stereocenters. The van der Waals surface area contributed by atoms with E-state index >= 15 is 0 Å². The van der Waals surface area contributed by atoms with Crippen LogP contribution < -0.4 is 0 Å². The van der Waals surface area contributed by atoms with E-state index in [0.717, 1.165) is 25.7 Å². The lowest BCUT2D eigenvalue weighted by atomic mass is 9.82. The van der Waals surface area contributed by atoms with Crippen molar-refractivity contribution in [2.75, 3.05) is 0 Å². The molecule has 0 aliphatic heterocycles. The van der Waals surface area contributed by atoms with Gasteiger partial charge < -0.3 is 5.11 Å². The summed E-state index contributed by atoms with van der Waals surface area (Å²) in [5, 5.41) is 9.35. The van der Waals surface area contributed by atoms with Crippen LogP contribution in [0, 0.1) is 12.3 Å². The van der Waals surface area contributed by atoms with Gasteiger partial charge in [-0.15, -0.1) is 18.0 Å². The summed E-state index contributed by atoms with van der Waals surface area (Å²) in [4.78, 5) is 0. The molecule has 62 valence electrons. The molecule has 0 spiro atoms. The average Bonchev–Trinajstić information content (AvgIpc) is 2.04. The molecule has 11 heavy (non-hydrogen) atoms. The molecule has 1 aliphatic carbocycles. The molecule has 1 nitrogen and oxygen atoms in total. The lowest BCUT2D eigenvalue weighted by Crippen LogP contribution is -2.40. The summed E-state index contributed by atoms with van der Waals surface area (Å²) in [5.41, 5.74) is -0.783. The number of aliphatic hydroxyl groups is 1. The van der Waals surface area contributed by atoms with Gasteiger partial charge in [0.15, 0.2) is 0 Å². The molecule has 1 N–H and O–H groups in total. The third-order valence-corrected chi connectivity index (χ3v) is 2.87. The van der Waals surface area contributed by atoms with Gasteiger partial charge in [-0.05, 0) is 12.8 Å². The second-order valence-electron chi connectivity index (χ2n) is 3.19. The lowest BCUT2D eigenvalue weighted by molar-refractivity contribution is 0.0121. The maximum absolute atomic E-state index is 9.87. The molecule has 2 heteroatoms. The Morgan fingerprint density at radius 1 is 1.36 bits per heavy atom. The molecule has 0 saturated heterocycles. The van der Waals surface area contributed by atoms with Gasteiger partial charge in [0, 0.05) is 0 Å². The summed E-state index contributed by atoms with van der Waals surface area (Å²) in [5.74, 6) is 2.39. The Balaban J connectivity index is 2.57. The van der Waals surface area contributed by atoms with Crippen LogP contribution in [0.25, 0.3) is 0 Å². The van der Waals surface area contributed by atoms with Crippen LogP contribution in [-0.4, -0.2) is 16.1 Å². The van der Waals surface area contributed by atoms with Gasteiger partial charge >= 0.3 is 0 Å². The topological polar surface area (TPSA) is 20.2 Å². The van der Waals surface area contributed by atoms with Crippen LogP contribution in [0.3, 0.4) is 0 Å². The fourth-order valence-electron chi connectivity index (χ4n) is 1.57. The van der Waals surface area contributed by atoms with Crippen molar-refractivity contribution in [1.29, 1.82) is 0 Å². The summed E-state index contributed by atoms with van der Waals surface area (Å²) in [6.45, 7) is 0. The van der Waals surface area contributed by atoms with E-state index in [1.807, 2.05) is 0 Å². The molecule has 0 heterocycles. The molecule has 0 aromatic heterocycles. The van der Waals surface area contributed by atoms with Crippen LogP contribution in [-0.2, 0) is 0 Å². The summed E-state index contributed by atoms with van der Waals surface area (Å²) in [6.07, 6.45) is 9.93. The quantitative estimate of drug-likeness (QED) is 0.474. The number of hydrogen-bond acceptors (Lipinski definition) is 1. The summed E-state index contributed by atoms with van der Waals surface area (Å²) in [6, 6.07) is 0. The third kappa shape index (κ3) is 1.89. The smallest absolute Gasteiger partial charge is 0.123 e. The summed E-state index contributed by atoms with van der Waals surface area (Å²) in [7, 11) is 0. The first-order valence-electron chi connectivity index (χ1n) is 4.01. The monoisotopic (exact) mass is 172 g/mol. The zero-order chi connectivity index (χ0) is 8.32. The number of halogens is 1. The number of alkyl halides is 1. The highest BCUT2D eigenvalue weighted by Gasteiger charge is 2.35. The van der Waals surface area contributed by atoms with Crippen molar-refractivity contribution in [2.45, 2.75) is 43.1 Å². The molecule has 1 saturated carbocycles. The van der Waals surface area contributed by atoms with Crippen molar-refractivity contribution in [3.8, 4) is 12.3 Å². The van der Waals surface area contributed by atoms with Crippen molar-refractivity contribution in [2.24, 2.45) is 0 Å². The van der Waals surface area contributed by atoms with Gasteiger partial charge in [-0.1, -0.05) is 25.2 Å². The first-order chi connectivity index (χ1) is 5.19. The highest BCUT2D eigenvalue weighted by atomic mass is 35.5. The second-order valence-corrected chi connectivity index (χ2v) is 3.63. The predicted molar refractivity (Wildman–Crippen MR) is 46.5 cm³/mol. The van der Waals surface area contributed by atoms with Crippen molar-refractivity contribution in [1.82, 2.24) is 0 Å². The average molecular weight is 173 g/mol. The Morgan fingerprint density at radius 2 is 1.91 bits per heavy atom. The van der Waals surface area contributed by atoms with E-state index in [2.05, 4.69) is 5.92 Å². The van der Waals surface area contributed by atoms with E-state index < -0.39 is 11.0 Å². The largest absolute Gasteiger partial charge is 0.387 e. The predicted octanol–water partition coefficient (Wildman–Crippen LogP) is 1.92. The highest BCUT2D eigenvalue weighted by Crippen LogP contribution is 2.32. The Bertz CT molecular complexity index is 165. The minimum absolute atomic E-state index is 0.511. The van der Waals surface area contributed by atoms with Crippen molar-refractivity contribution >= 4 is 11.6 Å². The van der Waals surface area contributed by atoms with Gasteiger partial charge in [0.2, 0.25) is 0 Å². The standard InChI is InChI=1S/C9H13ClO/c1-2-8(10)9(11)6-4-3-5-7-9/h1,8,11H,3-7H2. The van der Waals surface area contributed by atoms with Gasteiger partial charge in [0.1, 0.15) is 5.38 Å². The van der Waals surface area contributed by atoms with Crippen molar-refractivity contribution in [3.63, 3.8) is 0 Å². The molecular weight excluding hydrogens is 160 g/mol. The van der Waals surface area contributed by atoms with Crippen LogP contribution in [0.15, 0.2) is 0 Å². The van der Waals surface area contributed by atoms with Crippen LogP contribution in [0.2, 0.25) is 0 Å². The molecule has 1 aliphatic rings. The van der Waals surface area contributed by atoms with Crippen molar-refractivity contribution < 1.29 is 5.11 Å². The Hall–Kier alpha value is -0.190. The zero-order valence-corrected chi connectivity index (χ0v) is 7.27. The van der Waals surface area contributed by atoms with Gasteiger partial charge in [0.05, 0.1) is 5.60 Å². The van der Waals surface area contributed by atoms with Gasteiger partial charge in [-0.2, -0.15) is 0 Å². The maximum atomic E-state index is 9.87. The van der Waals surface area contributed by atoms with Crippen LogP contribution in [0.5, 0.6) is 0 Å². The summed E-state index contributed by atoms with van der Waals surface area (Å²) < 4.78 is 0. The zero-order valence-electron chi connectivity index (χ0n) is 6.52. The Morgan fingerprint density at radius 3 is 2.36 bits per heavy atom. The Labute approximate surface area is 72.7 Å². The molecule has 0 aromatic rings. The van der Waals surface area contributed by atoms with Gasteiger partial charge in [-0.3, -0.25) is 0 Å². The van der Waals surface area contributed by atoms with Crippen LogP contribution >= 0.6 is 11.6 Å². The van der Waals surface area contributed by atoms with E-state index in [4.69, 9.17) is 18.0 Å². The van der Waals surface area contributed by atoms with Crippen molar-refractivity contribution in [3.05, 3.63) is 0 Å². The van der Waals surface area contributed by atoms with E-state index in [9.17, 15) is 5.11 Å². The number of terminal acetylenes is 1. The molecule has 0 radical (unpaired) electrons. The fourth-order valence-corrected chi connectivity index (χ4v) is 1.79. The molecule has 0 amide bonds. The number of hydrogen-bond donors (Lipinski definition) is 1.